The minimum absolute atomic E-state index is 0.149. The predicted octanol–water partition coefficient (Wildman–Crippen LogP) is 4.81. The molecule has 0 spiro atoms. The summed E-state index contributed by atoms with van der Waals surface area (Å²) in [6.45, 7) is 7.72. The molecule has 0 radical (unpaired) electrons. The van der Waals surface area contributed by atoms with Crippen LogP contribution in [0.25, 0.3) is 0 Å². The van der Waals surface area contributed by atoms with Gasteiger partial charge in [0.05, 0.1) is 17.4 Å². The van der Waals surface area contributed by atoms with Gasteiger partial charge in [-0.3, -0.25) is 14.4 Å². The van der Waals surface area contributed by atoms with Crippen molar-refractivity contribution in [1.29, 1.82) is 0 Å². The van der Waals surface area contributed by atoms with Crippen LogP contribution < -0.4 is 10.6 Å². The van der Waals surface area contributed by atoms with Crippen LogP contribution >= 0.6 is 11.3 Å². The van der Waals surface area contributed by atoms with E-state index in [0.29, 0.717) is 23.4 Å². The van der Waals surface area contributed by atoms with Gasteiger partial charge in [-0.25, -0.2) is 0 Å². The van der Waals surface area contributed by atoms with Crippen molar-refractivity contribution in [2.24, 2.45) is 11.8 Å². The van der Waals surface area contributed by atoms with Crippen LogP contribution in [0.1, 0.15) is 79.6 Å². The van der Waals surface area contributed by atoms with Crippen molar-refractivity contribution in [2.75, 3.05) is 5.32 Å². The lowest BCUT2D eigenvalue weighted by molar-refractivity contribution is -0.146. The maximum Gasteiger partial charge on any atom is 0.307 e. The fourth-order valence-corrected chi connectivity index (χ4v) is 5.59. The number of carboxylic acids is 1. The second-order valence-corrected chi connectivity index (χ2v) is 10.0. The Kier molecular flexibility index (Phi) is 7.01. The van der Waals surface area contributed by atoms with Crippen molar-refractivity contribution >= 4 is 34.1 Å². The SMILES string of the molecule is CC1=C(C)C[C@H](C(=O)Nc2sc(C)c(C)c2C(=O)NC2CCCCC2)[C@@H](C(=O)O)C1. The summed E-state index contributed by atoms with van der Waals surface area (Å²) in [7, 11) is 0. The summed E-state index contributed by atoms with van der Waals surface area (Å²) in [5.74, 6) is -2.79. The molecule has 0 aliphatic heterocycles. The molecule has 0 saturated heterocycles. The Labute approximate surface area is 182 Å². The van der Waals surface area contributed by atoms with Crippen molar-refractivity contribution in [1.82, 2.24) is 5.32 Å². The molecular formula is C23H32N2O4S. The van der Waals surface area contributed by atoms with E-state index in [0.717, 1.165) is 47.3 Å². The van der Waals surface area contributed by atoms with E-state index in [4.69, 9.17) is 0 Å². The number of thiophene rings is 1. The van der Waals surface area contributed by atoms with Crippen LogP contribution in [0, 0.1) is 25.7 Å². The lowest BCUT2D eigenvalue weighted by Crippen LogP contribution is -2.38. The number of aryl methyl sites for hydroxylation is 1. The molecule has 2 atom stereocenters. The van der Waals surface area contributed by atoms with Crippen molar-refractivity contribution < 1.29 is 19.5 Å². The number of anilines is 1. The highest BCUT2D eigenvalue weighted by atomic mass is 32.1. The van der Waals surface area contributed by atoms with E-state index in [2.05, 4.69) is 10.6 Å². The lowest BCUT2D eigenvalue weighted by atomic mass is 9.76. The summed E-state index contributed by atoms with van der Waals surface area (Å²) in [6.07, 6.45) is 6.26. The second kappa shape index (κ2) is 9.33. The highest BCUT2D eigenvalue weighted by Gasteiger charge is 2.38. The van der Waals surface area contributed by atoms with E-state index in [1.54, 1.807) is 0 Å². The fraction of sp³-hybridized carbons (Fsp3) is 0.609. The van der Waals surface area contributed by atoms with Crippen LogP contribution in [0.4, 0.5) is 5.00 Å². The molecule has 2 aliphatic carbocycles. The molecule has 2 amide bonds. The number of carbonyl (C=O) groups excluding carboxylic acids is 2. The monoisotopic (exact) mass is 432 g/mol. The Morgan fingerprint density at radius 1 is 0.933 bits per heavy atom. The molecule has 3 N–H and O–H groups in total. The van der Waals surface area contributed by atoms with Crippen LogP contribution in [-0.2, 0) is 9.59 Å². The van der Waals surface area contributed by atoms with Crippen LogP contribution in [0.3, 0.4) is 0 Å². The molecule has 0 aromatic carbocycles. The molecule has 0 bridgehead atoms. The van der Waals surface area contributed by atoms with Crippen molar-refractivity contribution in [3.63, 3.8) is 0 Å². The van der Waals surface area contributed by atoms with Gasteiger partial charge < -0.3 is 15.7 Å². The first kappa shape index (κ1) is 22.5. The summed E-state index contributed by atoms with van der Waals surface area (Å²) >= 11 is 1.38. The molecule has 30 heavy (non-hydrogen) atoms. The maximum absolute atomic E-state index is 13.1. The molecule has 7 heteroatoms. The molecule has 1 fully saturated rings. The highest BCUT2D eigenvalue weighted by molar-refractivity contribution is 7.16. The molecule has 0 unspecified atom stereocenters. The van der Waals surface area contributed by atoms with E-state index in [-0.39, 0.29) is 17.9 Å². The van der Waals surface area contributed by atoms with E-state index in [1.165, 1.54) is 17.8 Å². The molecule has 2 aliphatic rings. The van der Waals surface area contributed by atoms with Gasteiger partial charge in [0.15, 0.2) is 0 Å². The van der Waals surface area contributed by atoms with Crippen molar-refractivity contribution in [3.05, 3.63) is 27.2 Å². The summed E-state index contributed by atoms with van der Waals surface area (Å²) in [5, 5.41) is 16.2. The number of hydrogen-bond acceptors (Lipinski definition) is 4. The van der Waals surface area contributed by atoms with Gasteiger partial charge in [-0.1, -0.05) is 30.4 Å². The van der Waals surface area contributed by atoms with E-state index in [9.17, 15) is 19.5 Å². The average molecular weight is 433 g/mol. The summed E-state index contributed by atoms with van der Waals surface area (Å²) in [4.78, 5) is 38.9. The minimum Gasteiger partial charge on any atom is -0.481 e. The molecule has 1 saturated carbocycles. The zero-order valence-electron chi connectivity index (χ0n) is 18.3. The van der Waals surface area contributed by atoms with Crippen LogP contribution in [-0.4, -0.2) is 28.9 Å². The highest BCUT2D eigenvalue weighted by Crippen LogP contribution is 2.37. The van der Waals surface area contributed by atoms with Crippen molar-refractivity contribution in [3.8, 4) is 0 Å². The Morgan fingerprint density at radius 3 is 2.13 bits per heavy atom. The Morgan fingerprint density at radius 2 is 1.53 bits per heavy atom. The molecule has 1 heterocycles. The number of carbonyl (C=O) groups is 3. The van der Waals surface area contributed by atoms with Gasteiger partial charge in [0.1, 0.15) is 5.00 Å². The smallest absolute Gasteiger partial charge is 0.307 e. The first-order chi connectivity index (χ1) is 14.2. The largest absolute Gasteiger partial charge is 0.481 e. The fourth-order valence-electron chi connectivity index (χ4n) is 4.53. The van der Waals surface area contributed by atoms with Gasteiger partial charge in [-0.05, 0) is 58.9 Å². The zero-order chi connectivity index (χ0) is 22.0. The number of hydrogen-bond donors (Lipinski definition) is 3. The molecular weight excluding hydrogens is 400 g/mol. The Hall–Kier alpha value is -2.15. The number of carboxylic acid groups (broad SMARTS) is 1. The molecule has 6 nitrogen and oxygen atoms in total. The zero-order valence-corrected chi connectivity index (χ0v) is 19.1. The Balaban J connectivity index is 1.80. The Bertz CT molecular complexity index is 880. The van der Waals surface area contributed by atoms with E-state index >= 15 is 0 Å². The van der Waals surface area contributed by atoms with Gasteiger partial charge >= 0.3 is 5.97 Å². The average Bonchev–Trinajstić information content (AvgIpc) is 2.97. The number of aliphatic carboxylic acids is 1. The van der Waals surface area contributed by atoms with E-state index in [1.807, 2.05) is 27.7 Å². The van der Waals surface area contributed by atoms with Crippen LogP contribution in [0.2, 0.25) is 0 Å². The van der Waals surface area contributed by atoms with E-state index < -0.39 is 17.8 Å². The van der Waals surface area contributed by atoms with Gasteiger partial charge in [0.25, 0.3) is 5.91 Å². The molecule has 1 aromatic heterocycles. The van der Waals surface area contributed by atoms with Crippen LogP contribution in [0.15, 0.2) is 11.1 Å². The van der Waals surface area contributed by atoms with Crippen molar-refractivity contribution in [2.45, 2.75) is 78.7 Å². The first-order valence-electron chi connectivity index (χ1n) is 10.8. The van der Waals surface area contributed by atoms with Crippen LogP contribution in [0.5, 0.6) is 0 Å². The maximum atomic E-state index is 13.1. The second-order valence-electron chi connectivity index (χ2n) is 8.81. The summed E-state index contributed by atoms with van der Waals surface area (Å²) < 4.78 is 0. The standard InChI is InChI=1S/C23H32N2O4S/c1-12-10-17(18(23(28)29)11-13(12)2)20(26)25-22-19(14(3)15(4)30-22)21(27)24-16-8-6-5-7-9-16/h16-18H,5-11H2,1-4H3,(H,24,27)(H,25,26)(H,28,29)/t17-,18-/m0/s1. The third-order valence-corrected chi connectivity index (χ3v) is 7.83. The molecule has 1 aromatic rings. The molecule has 164 valence electrons. The normalized spacial score (nSPS) is 22.7. The van der Waals surface area contributed by atoms with Gasteiger partial charge in [-0.15, -0.1) is 11.3 Å². The number of nitrogens with one attached hydrogen (secondary N) is 2. The van der Waals surface area contributed by atoms with Gasteiger partial charge in [-0.2, -0.15) is 0 Å². The summed E-state index contributed by atoms with van der Waals surface area (Å²) in [5.41, 5.74) is 3.50. The molecule has 3 rings (SSSR count). The predicted molar refractivity (Wildman–Crippen MR) is 119 cm³/mol. The van der Waals surface area contributed by atoms with Gasteiger partial charge in [0, 0.05) is 10.9 Å². The number of allylic oxidation sites excluding steroid dienone is 2. The lowest BCUT2D eigenvalue weighted by Gasteiger charge is -2.29. The van der Waals surface area contributed by atoms with Gasteiger partial charge in [0.2, 0.25) is 5.91 Å². The summed E-state index contributed by atoms with van der Waals surface area (Å²) in [6, 6.07) is 0.180. The topological polar surface area (TPSA) is 95.5 Å². The quantitative estimate of drug-likeness (QED) is 0.582. The third-order valence-electron chi connectivity index (χ3n) is 6.71. The first-order valence-corrected chi connectivity index (χ1v) is 11.6. The number of amides is 2. The minimum atomic E-state index is -0.948. The third kappa shape index (κ3) is 4.77. The number of rotatable bonds is 5.